The second kappa shape index (κ2) is 9.54. The van der Waals surface area contributed by atoms with Crippen LogP contribution in [0.15, 0.2) is 79.3 Å². The summed E-state index contributed by atoms with van der Waals surface area (Å²) in [6.07, 6.45) is 3.12. The van der Waals surface area contributed by atoms with Gasteiger partial charge < -0.3 is 20.4 Å². The molecule has 3 heterocycles. The number of anilines is 2. The van der Waals surface area contributed by atoms with E-state index in [4.69, 9.17) is 10.5 Å². The van der Waals surface area contributed by atoms with Crippen molar-refractivity contribution in [3.8, 4) is 34.1 Å². The zero-order chi connectivity index (χ0) is 26.1. The van der Waals surface area contributed by atoms with Crippen LogP contribution in [0.1, 0.15) is 12.6 Å². The molecule has 0 radical (unpaired) electrons. The quantitative estimate of drug-likeness (QED) is 0.310. The van der Waals surface area contributed by atoms with Gasteiger partial charge in [0.05, 0.1) is 11.1 Å². The molecule has 0 saturated carbocycles. The molecule has 9 nitrogen and oxygen atoms in total. The van der Waals surface area contributed by atoms with Crippen LogP contribution in [-0.2, 0) is 11.8 Å². The number of benzene rings is 2. The van der Waals surface area contributed by atoms with Gasteiger partial charge in [0.15, 0.2) is 0 Å². The van der Waals surface area contributed by atoms with Crippen molar-refractivity contribution < 1.29 is 9.53 Å². The molecule has 184 valence electrons. The number of nitrogens with zero attached hydrogens (tertiary/aromatic N) is 5. The molecule has 0 saturated heterocycles. The molecule has 37 heavy (non-hydrogen) atoms. The largest absolute Gasteiger partial charge is 0.424 e. The molecule has 0 fully saturated rings. The molecule has 0 aliphatic heterocycles. The van der Waals surface area contributed by atoms with Crippen molar-refractivity contribution in [2.75, 3.05) is 11.1 Å². The Balaban J connectivity index is 1.58. The molecule has 0 bridgehead atoms. The SMILES string of the molecule is C=C(C)C(=O)Nc1ccc(-c2c(-c3ccc(Oc4nccc(C)n4)cc3)c3c(N)ncnc3n2C)cc1. The highest BCUT2D eigenvalue weighted by Gasteiger charge is 2.22. The summed E-state index contributed by atoms with van der Waals surface area (Å²) in [7, 11) is 1.94. The summed E-state index contributed by atoms with van der Waals surface area (Å²) in [5.41, 5.74) is 12.7. The van der Waals surface area contributed by atoms with Gasteiger partial charge in [-0.1, -0.05) is 30.8 Å². The van der Waals surface area contributed by atoms with Crippen LogP contribution in [0.3, 0.4) is 0 Å². The molecule has 0 atom stereocenters. The molecule has 0 unspecified atom stereocenters. The number of carbonyl (C=O) groups excluding carboxylic acids is 1. The second-order valence-corrected chi connectivity index (χ2v) is 8.66. The molecule has 5 aromatic rings. The smallest absolute Gasteiger partial charge is 0.322 e. The molecule has 5 rings (SSSR count). The Morgan fingerprint density at radius 3 is 2.38 bits per heavy atom. The van der Waals surface area contributed by atoms with Crippen molar-refractivity contribution in [2.24, 2.45) is 7.05 Å². The number of amides is 1. The van der Waals surface area contributed by atoms with E-state index >= 15 is 0 Å². The van der Waals surface area contributed by atoms with Gasteiger partial charge in [-0.3, -0.25) is 4.79 Å². The third-order valence-corrected chi connectivity index (χ3v) is 5.93. The number of carbonyl (C=O) groups is 1. The van der Waals surface area contributed by atoms with Crippen LogP contribution >= 0.6 is 0 Å². The van der Waals surface area contributed by atoms with E-state index in [9.17, 15) is 4.79 Å². The number of nitrogen functional groups attached to an aromatic ring is 1. The van der Waals surface area contributed by atoms with E-state index in [-0.39, 0.29) is 11.9 Å². The first kappa shape index (κ1) is 23.7. The van der Waals surface area contributed by atoms with Crippen molar-refractivity contribution in [1.29, 1.82) is 0 Å². The Hall–Kier alpha value is -5.05. The molecule has 3 aromatic heterocycles. The number of nitrogens with one attached hydrogen (secondary N) is 1. The average Bonchev–Trinajstić information content (AvgIpc) is 3.18. The van der Waals surface area contributed by atoms with Gasteiger partial charge in [-0.05, 0) is 55.3 Å². The van der Waals surface area contributed by atoms with Crippen molar-refractivity contribution in [3.05, 3.63) is 85.0 Å². The molecular formula is C28H25N7O2. The minimum absolute atomic E-state index is 0.223. The zero-order valence-corrected chi connectivity index (χ0v) is 20.7. The van der Waals surface area contributed by atoms with Gasteiger partial charge >= 0.3 is 6.01 Å². The van der Waals surface area contributed by atoms with Crippen LogP contribution in [0.25, 0.3) is 33.4 Å². The fourth-order valence-corrected chi connectivity index (χ4v) is 4.11. The summed E-state index contributed by atoms with van der Waals surface area (Å²) in [6.45, 7) is 7.23. The van der Waals surface area contributed by atoms with Gasteiger partial charge in [0, 0.05) is 35.8 Å². The van der Waals surface area contributed by atoms with Gasteiger partial charge in [-0.2, -0.15) is 0 Å². The predicted molar refractivity (Wildman–Crippen MR) is 144 cm³/mol. The van der Waals surface area contributed by atoms with Crippen LogP contribution < -0.4 is 15.8 Å². The third-order valence-electron chi connectivity index (χ3n) is 5.93. The predicted octanol–water partition coefficient (Wildman–Crippen LogP) is 5.29. The van der Waals surface area contributed by atoms with Crippen LogP contribution in [0.4, 0.5) is 11.5 Å². The second-order valence-electron chi connectivity index (χ2n) is 8.66. The van der Waals surface area contributed by atoms with E-state index in [0.29, 0.717) is 28.5 Å². The number of aromatic nitrogens is 5. The number of rotatable bonds is 6. The monoisotopic (exact) mass is 491 g/mol. The lowest BCUT2D eigenvalue weighted by Crippen LogP contribution is -2.11. The van der Waals surface area contributed by atoms with E-state index < -0.39 is 0 Å². The summed E-state index contributed by atoms with van der Waals surface area (Å²) < 4.78 is 7.82. The lowest BCUT2D eigenvalue weighted by atomic mass is 9.98. The highest BCUT2D eigenvalue weighted by molar-refractivity contribution is 6.08. The van der Waals surface area contributed by atoms with Crippen molar-refractivity contribution >= 4 is 28.4 Å². The summed E-state index contributed by atoms with van der Waals surface area (Å²) in [4.78, 5) is 29.2. The highest BCUT2D eigenvalue weighted by Crippen LogP contribution is 2.42. The molecule has 3 N–H and O–H groups in total. The Bertz CT molecular complexity index is 1640. The fraction of sp³-hybridized carbons (Fsp3) is 0.107. The van der Waals surface area contributed by atoms with Crippen LogP contribution in [0.5, 0.6) is 11.8 Å². The maximum Gasteiger partial charge on any atom is 0.322 e. The molecule has 9 heteroatoms. The average molecular weight is 492 g/mol. The van der Waals surface area contributed by atoms with Gasteiger partial charge in [0.1, 0.15) is 23.5 Å². The van der Waals surface area contributed by atoms with E-state index in [0.717, 1.165) is 33.5 Å². The third kappa shape index (κ3) is 4.62. The first-order chi connectivity index (χ1) is 17.8. The fourth-order valence-electron chi connectivity index (χ4n) is 4.11. The Kier molecular flexibility index (Phi) is 6.10. The first-order valence-corrected chi connectivity index (χ1v) is 11.6. The van der Waals surface area contributed by atoms with Crippen molar-refractivity contribution in [1.82, 2.24) is 24.5 Å². The number of hydrogen-bond acceptors (Lipinski definition) is 7. The number of fused-ring (bicyclic) bond motifs is 1. The maximum absolute atomic E-state index is 12.0. The minimum atomic E-state index is -0.223. The maximum atomic E-state index is 12.0. The molecule has 2 aromatic carbocycles. The number of nitrogens with two attached hydrogens (primary N) is 1. The minimum Gasteiger partial charge on any atom is -0.424 e. The van der Waals surface area contributed by atoms with Gasteiger partial charge in [-0.15, -0.1) is 0 Å². The van der Waals surface area contributed by atoms with E-state index in [1.54, 1.807) is 13.1 Å². The van der Waals surface area contributed by atoms with Gasteiger partial charge in [0.2, 0.25) is 0 Å². The first-order valence-electron chi connectivity index (χ1n) is 11.6. The standard InChI is InChI=1S/C28H25N7O2/c1-16(2)27(36)34-20-9-5-19(6-10-20)24-22(23-25(29)31-15-32-26(23)35(24)4)18-7-11-21(12-8-18)37-28-30-14-13-17(3)33-28/h5-15H,1H2,2-4H3,(H,34,36)(H2,29,31,32). The summed E-state index contributed by atoms with van der Waals surface area (Å²) in [6, 6.07) is 17.3. The van der Waals surface area contributed by atoms with Crippen LogP contribution in [0, 0.1) is 6.92 Å². The number of ether oxygens (including phenoxy) is 1. The van der Waals surface area contributed by atoms with Crippen LogP contribution in [0.2, 0.25) is 0 Å². The Labute approximate surface area is 213 Å². The molecular weight excluding hydrogens is 466 g/mol. The van der Waals surface area contributed by atoms with Crippen molar-refractivity contribution in [3.63, 3.8) is 0 Å². The summed E-state index contributed by atoms with van der Waals surface area (Å²) in [5.74, 6) is 0.776. The number of aryl methyl sites for hydroxylation is 2. The lowest BCUT2D eigenvalue weighted by Gasteiger charge is -2.11. The van der Waals surface area contributed by atoms with Gasteiger partial charge in [-0.25, -0.2) is 19.9 Å². The van der Waals surface area contributed by atoms with E-state index in [1.165, 1.54) is 6.33 Å². The highest BCUT2D eigenvalue weighted by atomic mass is 16.5. The van der Waals surface area contributed by atoms with Crippen LogP contribution in [-0.4, -0.2) is 30.4 Å². The summed E-state index contributed by atoms with van der Waals surface area (Å²) >= 11 is 0. The van der Waals surface area contributed by atoms with E-state index in [1.807, 2.05) is 73.1 Å². The number of hydrogen-bond donors (Lipinski definition) is 2. The zero-order valence-electron chi connectivity index (χ0n) is 20.7. The lowest BCUT2D eigenvalue weighted by molar-refractivity contribution is -0.112. The Morgan fingerprint density at radius 1 is 1.00 bits per heavy atom. The Morgan fingerprint density at radius 2 is 1.70 bits per heavy atom. The van der Waals surface area contributed by atoms with Crippen molar-refractivity contribution in [2.45, 2.75) is 13.8 Å². The molecule has 1 amide bonds. The van der Waals surface area contributed by atoms with E-state index in [2.05, 4.69) is 31.8 Å². The molecule has 0 spiro atoms. The normalized spacial score (nSPS) is 10.9. The molecule has 0 aliphatic carbocycles. The topological polar surface area (TPSA) is 121 Å². The van der Waals surface area contributed by atoms with Gasteiger partial charge in [0.25, 0.3) is 5.91 Å². The molecule has 0 aliphatic rings. The summed E-state index contributed by atoms with van der Waals surface area (Å²) in [5, 5.41) is 3.59.